The second-order valence-electron chi connectivity index (χ2n) is 6.21. The third kappa shape index (κ3) is 4.16. The van der Waals surface area contributed by atoms with Crippen molar-refractivity contribution < 1.29 is 9.47 Å². The van der Waals surface area contributed by atoms with Crippen molar-refractivity contribution in [3.63, 3.8) is 0 Å². The van der Waals surface area contributed by atoms with E-state index in [0.717, 1.165) is 22.2 Å². The highest BCUT2D eigenvalue weighted by Crippen LogP contribution is 2.28. The molecule has 0 aliphatic carbocycles. The highest BCUT2D eigenvalue weighted by Gasteiger charge is 2.07. The van der Waals surface area contributed by atoms with Gasteiger partial charge in [-0.15, -0.1) is 5.10 Å². The summed E-state index contributed by atoms with van der Waals surface area (Å²) >= 11 is 0. The molecular weight excluding hydrogens is 368 g/mol. The molecule has 8 nitrogen and oxygen atoms in total. The number of para-hydroxylation sites is 1. The normalized spacial score (nSPS) is 10.6. The van der Waals surface area contributed by atoms with Crippen LogP contribution in [0.15, 0.2) is 60.9 Å². The van der Waals surface area contributed by atoms with Gasteiger partial charge in [-0.2, -0.15) is 10.1 Å². The fourth-order valence-electron chi connectivity index (χ4n) is 2.95. The van der Waals surface area contributed by atoms with Gasteiger partial charge in [0.15, 0.2) is 17.3 Å². The molecule has 0 saturated heterocycles. The molecule has 0 radical (unpaired) electrons. The molecule has 4 aromatic rings. The Hall–Kier alpha value is -3.94. The lowest BCUT2D eigenvalue weighted by Gasteiger charge is -2.11. The average molecular weight is 388 g/mol. The molecule has 29 heavy (non-hydrogen) atoms. The van der Waals surface area contributed by atoms with Crippen LogP contribution in [-0.2, 0) is 6.54 Å². The van der Waals surface area contributed by atoms with Gasteiger partial charge in [-0.1, -0.05) is 24.3 Å². The summed E-state index contributed by atoms with van der Waals surface area (Å²) < 4.78 is 10.6. The zero-order valence-corrected chi connectivity index (χ0v) is 16.1. The second-order valence-corrected chi connectivity index (χ2v) is 6.21. The van der Waals surface area contributed by atoms with Crippen LogP contribution in [-0.4, -0.2) is 34.4 Å². The molecule has 0 spiro atoms. The first kappa shape index (κ1) is 18.4. The molecule has 0 saturated carbocycles. The van der Waals surface area contributed by atoms with Gasteiger partial charge >= 0.3 is 0 Å². The Kier molecular flexibility index (Phi) is 5.33. The summed E-state index contributed by atoms with van der Waals surface area (Å²) in [5.74, 6) is 2.36. The molecule has 8 heteroatoms. The van der Waals surface area contributed by atoms with Crippen LogP contribution in [0.2, 0.25) is 0 Å². The van der Waals surface area contributed by atoms with Crippen molar-refractivity contribution in [2.45, 2.75) is 6.54 Å². The van der Waals surface area contributed by atoms with Crippen LogP contribution < -0.4 is 20.1 Å². The Bertz CT molecular complexity index is 1130. The zero-order chi connectivity index (χ0) is 20.1. The van der Waals surface area contributed by atoms with Gasteiger partial charge in [-0.05, 0) is 29.8 Å². The fourth-order valence-corrected chi connectivity index (χ4v) is 2.95. The summed E-state index contributed by atoms with van der Waals surface area (Å²) in [6.07, 6.45) is 3.33. The summed E-state index contributed by atoms with van der Waals surface area (Å²) in [6.45, 7) is 0.550. The number of nitrogens with zero attached hydrogens (tertiary/aromatic N) is 4. The van der Waals surface area contributed by atoms with Crippen LogP contribution >= 0.6 is 0 Å². The summed E-state index contributed by atoms with van der Waals surface area (Å²) in [5, 5.41) is 15.6. The maximum absolute atomic E-state index is 5.34. The SMILES string of the molecule is COc1ccc(CNc2cnnc(Nc3cccc4cccnc34)n2)cc1OC. The molecule has 0 fully saturated rings. The molecule has 146 valence electrons. The number of rotatable bonds is 7. The highest BCUT2D eigenvalue weighted by atomic mass is 16.5. The molecule has 2 N–H and O–H groups in total. The number of methoxy groups -OCH3 is 2. The topological polar surface area (TPSA) is 94.1 Å². The summed E-state index contributed by atoms with van der Waals surface area (Å²) in [5.41, 5.74) is 2.69. The molecular formula is C21H20N6O2. The van der Waals surface area contributed by atoms with Crippen molar-refractivity contribution in [2.75, 3.05) is 24.9 Å². The summed E-state index contributed by atoms with van der Waals surface area (Å²) in [4.78, 5) is 8.92. The van der Waals surface area contributed by atoms with Crippen molar-refractivity contribution in [2.24, 2.45) is 0 Å². The molecule has 2 aromatic heterocycles. The first-order chi connectivity index (χ1) is 14.3. The number of pyridine rings is 1. The summed E-state index contributed by atoms with van der Waals surface area (Å²) in [7, 11) is 3.23. The van der Waals surface area contributed by atoms with Crippen molar-refractivity contribution in [3.05, 3.63) is 66.5 Å². The minimum atomic E-state index is 0.389. The van der Waals surface area contributed by atoms with E-state index in [9.17, 15) is 0 Å². The van der Waals surface area contributed by atoms with E-state index in [-0.39, 0.29) is 0 Å². The van der Waals surface area contributed by atoms with E-state index in [0.29, 0.717) is 29.8 Å². The Balaban J connectivity index is 1.49. The molecule has 0 unspecified atom stereocenters. The van der Waals surface area contributed by atoms with Crippen molar-refractivity contribution in [3.8, 4) is 11.5 Å². The molecule has 4 rings (SSSR count). The van der Waals surface area contributed by atoms with Crippen LogP contribution in [0.3, 0.4) is 0 Å². The van der Waals surface area contributed by atoms with Crippen molar-refractivity contribution in [1.82, 2.24) is 20.2 Å². The largest absolute Gasteiger partial charge is 0.493 e. The predicted molar refractivity (Wildman–Crippen MR) is 112 cm³/mol. The van der Waals surface area contributed by atoms with Gasteiger partial charge in [0.25, 0.3) is 0 Å². The van der Waals surface area contributed by atoms with E-state index in [1.165, 1.54) is 0 Å². The van der Waals surface area contributed by atoms with Gasteiger partial charge in [0.05, 0.1) is 31.6 Å². The molecule has 0 aliphatic heterocycles. The van der Waals surface area contributed by atoms with Crippen LogP contribution in [0, 0.1) is 0 Å². The number of hydrogen-bond acceptors (Lipinski definition) is 8. The summed E-state index contributed by atoms with van der Waals surface area (Å²) in [6, 6.07) is 15.6. The Labute approximate surface area is 167 Å². The average Bonchev–Trinajstić information content (AvgIpc) is 2.78. The molecule has 2 aromatic carbocycles. The van der Waals surface area contributed by atoms with Crippen LogP contribution in [0.5, 0.6) is 11.5 Å². The minimum absolute atomic E-state index is 0.389. The van der Waals surface area contributed by atoms with Gasteiger partial charge in [-0.25, -0.2) is 0 Å². The zero-order valence-electron chi connectivity index (χ0n) is 16.1. The van der Waals surface area contributed by atoms with E-state index in [4.69, 9.17) is 9.47 Å². The smallest absolute Gasteiger partial charge is 0.249 e. The number of anilines is 3. The Morgan fingerprint density at radius 2 is 1.83 bits per heavy atom. The standard InChI is InChI=1S/C21H20N6O2/c1-28-17-9-8-14(11-18(17)29-2)12-23-19-13-24-27-21(26-19)25-16-7-3-5-15-6-4-10-22-20(15)16/h3-11,13H,12H2,1-2H3,(H2,23,25,26,27). The number of aromatic nitrogens is 4. The number of ether oxygens (including phenoxy) is 2. The Morgan fingerprint density at radius 3 is 2.69 bits per heavy atom. The maximum Gasteiger partial charge on any atom is 0.249 e. The van der Waals surface area contributed by atoms with Gasteiger partial charge < -0.3 is 20.1 Å². The third-order valence-corrected chi connectivity index (χ3v) is 4.36. The first-order valence-corrected chi connectivity index (χ1v) is 9.02. The van der Waals surface area contributed by atoms with Crippen molar-refractivity contribution >= 4 is 28.4 Å². The van der Waals surface area contributed by atoms with E-state index < -0.39 is 0 Å². The van der Waals surface area contributed by atoms with E-state index >= 15 is 0 Å². The quantitative estimate of drug-likeness (QED) is 0.494. The number of benzene rings is 2. The van der Waals surface area contributed by atoms with Crippen LogP contribution in [0.25, 0.3) is 10.9 Å². The fraction of sp³-hybridized carbons (Fsp3) is 0.143. The van der Waals surface area contributed by atoms with E-state index in [2.05, 4.69) is 30.8 Å². The van der Waals surface area contributed by atoms with Crippen molar-refractivity contribution in [1.29, 1.82) is 0 Å². The molecule has 0 bridgehead atoms. The van der Waals surface area contributed by atoms with E-state index in [1.807, 2.05) is 48.5 Å². The highest BCUT2D eigenvalue weighted by molar-refractivity contribution is 5.91. The number of hydrogen-bond donors (Lipinski definition) is 2. The monoisotopic (exact) mass is 388 g/mol. The first-order valence-electron chi connectivity index (χ1n) is 9.02. The Morgan fingerprint density at radius 1 is 0.966 bits per heavy atom. The second kappa shape index (κ2) is 8.39. The van der Waals surface area contributed by atoms with Gasteiger partial charge in [0, 0.05) is 18.1 Å². The van der Waals surface area contributed by atoms with Gasteiger partial charge in [0.1, 0.15) is 0 Å². The maximum atomic E-state index is 5.34. The van der Waals surface area contributed by atoms with Gasteiger partial charge in [0.2, 0.25) is 5.95 Å². The van der Waals surface area contributed by atoms with Gasteiger partial charge in [-0.3, -0.25) is 4.98 Å². The molecule has 0 amide bonds. The van der Waals surface area contributed by atoms with E-state index in [1.54, 1.807) is 26.6 Å². The minimum Gasteiger partial charge on any atom is -0.493 e. The molecule has 0 atom stereocenters. The molecule has 0 aliphatic rings. The van der Waals surface area contributed by atoms with Crippen LogP contribution in [0.1, 0.15) is 5.56 Å². The lowest BCUT2D eigenvalue weighted by atomic mass is 10.2. The van der Waals surface area contributed by atoms with Crippen LogP contribution in [0.4, 0.5) is 17.5 Å². The number of fused-ring (bicyclic) bond motifs is 1. The lowest BCUT2D eigenvalue weighted by molar-refractivity contribution is 0.354. The number of nitrogens with one attached hydrogen (secondary N) is 2. The predicted octanol–water partition coefficient (Wildman–Crippen LogP) is 3.79. The lowest BCUT2D eigenvalue weighted by Crippen LogP contribution is -2.06. The molecule has 2 heterocycles. The third-order valence-electron chi connectivity index (χ3n) is 4.36.